The van der Waals surface area contributed by atoms with E-state index in [0.717, 1.165) is 38.3 Å². The van der Waals surface area contributed by atoms with Crippen LogP contribution in [0.3, 0.4) is 0 Å². The zero-order chi connectivity index (χ0) is 15.4. The quantitative estimate of drug-likeness (QED) is 0.442. The first-order valence-electron chi connectivity index (χ1n) is 7.96. The molecule has 120 valence electrons. The fraction of sp³-hybridized carbons (Fsp3) is 0.938. The molecule has 0 saturated heterocycles. The highest BCUT2D eigenvalue weighted by molar-refractivity contribution is 5.80. The predicted molar refractivity (Wildman–Crippen MR) is 82.8 cm³/mol. The summed E-state index contributed by atoms with van der Waals surface area (Å²) in [6.45, 7) is 12.9. The minimum absolute atomic E-state index is 0.165. The third-order valence-corrected chi connectivity index (χ3v) is 3.33. The average molecular weight is 287 g/mol. The summed E-state index contributed by atoms with van der Waals surface area (Å²) in [5.41, 5.74) is -0.591. The van der Waals surface area contributed by atoms with Crippen molar-refractivity contribution in [2.45, 2.75) is 65.8 Å². The fourth-order valence-electron chi connectivity index (χ4n) is 2.17. The summed E-state index contributed by atoms with van der Waals surface area (Å²) in [5, 5.41) is 3.23. The molecule has 0 rings (SSSR count). The first kappa shape index (κ1) is 19.4. The van der Waals surface area contributed by atoms with E-state index in [1.54, 1.807) is 0 Å². The van der Waals surface area contributed by atoms with Gasteiger partial charge in [0.25, 0.3) is 0 Å². The van der Waals surface area contributed by atoms with Gasteiger partial charge in [-0.25, -0.2) is 0 Å². The van der Waals surface area contributed by atoms with Crippen LogP contribution < -0.4 is 5.32 Å². The molecule has 1 atom stereocenters. The van der Waals surface area contributed by atoms with Crippen molar-refractivity contribution in [3.05, 3.63) is 0 Å². The number of carbonyl (C=O) groups excluding carboxylic acids is 1. The molecular formula is C16H33NO3. The summed E-state index contributed by atoms with van der Waals surface area (Å²) in [7, 11) is 0. The van der Waals surface area contributed by atoms with E-state index < -0.39 is 5.54 Å². The molecule has 0 bridgehead atoms. The van der Waals surface area contributed by atoms with Gasteiger partial charge in [-0.15, -0.1) is 0 Å². The molecule has 0 radical (unpaired) electrons. The number of esters is 1. The Kier molecular flexibility index (Phi) is 10.8. The van der Waals surface area contributed by atoms with Gasteiger partial charge in [-0.1, -0.05) is 20.8 Å². The number of carbonyl (C=O) groups is 1. The molecule has 4 heteroatoms. The van der Waals surface area contributed by atoms with Gasteiger partial charge in [-0.3, -0.25) is 4.79 Å². The highest BCUT2D eigenvalue weighted by atomic mass is 16.5. The molecular weight excluding hydrogens is 254 g/mol. The minimum Gasteiger partial charge on any atom is -0.465 e. The van der Waals surface area contributed by atoms with Crippen LogP contribution in [0.15, 0.2) is 0 Å². The first-order chi connectivity index (χ1) is 9.46. The number of likely N-dealkylation sites (N-methyl/N-ethyl adjacent to an activating group) is 1. The Balaban J connectivity index is 3.89. The smallest absolute Gasteiger partial charge is 0.326 e. The molecule has 0 aliphatic heterocycles. The Morgan fingerprint density at radius 1 is 1.20 bits per heavy atom. The van der Waals surface area contributed by atoms with Crippen LogP contribution in [0, 0.1) is 5.92 Å². The second-order valence-electron chi connectivity index (χ2n) is 5.83. The van der Waals surface area contributed by atoms with Crippen LogP contribution in [0.5, 0.6) is 0 Å². The van der Waals surface area contributed by atoms with Crippen molar-refractivity contribution in [2.75, 3.05) is 26.4 Å². The molecule has 0 aliphatic rings. The Hall–Kier alpha value is -0.610. The van der Waals surface area contributed by atoms with Gasteiger partial charge < -0.3 is 14.8 Å². The number of hydrogen-bond acceptors (Lipinski definition) is 4. The summed E-state index contributed by atoms with van der Waals surface area (Å²) < 4.78 is 10.8. The zero-order valence-corrected chi connectivity index (χ0v) is 14.0. The summed E-state index contributed by atoms with van der Waals surface area (Å²) in [5.74, 6) is 0.570. The molecule has 0 aromatic rings. The van der Waals surface area contributed by atoms with Gasteiger partial charge in [0.1, 0.15) is 5.54 Å². The molecule has 0 saturated carbocycles. The fourth-order valence-corrected chi connectivity index (χ4v) is 2.17. The lowest BCUT2D eigenvalue weighted by Crippen LogP contribution is -2.50. The molecule has 20 heavy (non-hydrogen) atoms. The first-order valence-corrected chi connectivity index (χ1v) is 7.96. The molecule has 1 N–H and O–H groups in total. The van der Waals surface area contributed by atoms with E-state index in [1.807, 2.05) is 20.8 Å². The molecule has 0 heterocycles. The maximum absolute atomic E-state index is 12.0. The minimum atomic E-state index is -0.591. The van der Waals surface area contributed by atoms with Crippen LogP contribution in [-0.2, 0) is 14.3 Å². The predicted octanol–water partition coefficient (Wildman–Crippen LogP) is 3.15. The van der Waals surface area contributed by atoms with Crippen molar-refractivity contribution in [3.63, 3.8) is 0 Å². The largest absolute Gasteiger partial charge is 0.465 e. The van der Waals surface area contributed by atoms with Crippen LogP contribution in [0.25, 0.3) is 0 Å². The Labute approximate surface area is 124 Å². The van der Waals surface area contributed by atoms with Gasteiger partial charge in [0.2, 0.25) is 0 Å². The van der Waals surface area contributed by atoms with Gasteiger partial charge in [0, 0.05) is 13.2 Å². The lowest BCUT2D eigenvalue weighted by molar-refractivity contribution is -0.151. The van der Waals surface area contributed by atoms with E-state index in [0.29, 0.717) is 13.2 Å². The number of rotatable bonds is 12. The number of ether oxygens (including phenoxy) is 2. The van der Waals surface area contributed by atoms with Gasteiger partial charge in [-0.2, -0.15) is 0 Å². The molecule has 0 fully saturated rings. The van der Waals surface area contributed by atoms with Crippen molar-refractivity contribution in [1.82, 2.24) is 5.32 Å². The topological polar surface area (TPSA) is 47.6 Å². The van der Waals surface area contributed by atoms with Crippen LogP contribution in [0.1, 0.15) is 60.3 Å². The third kappa shape index (κ3) is 8.54. The van der Waals surface area contributed by atoms with Crippen LogP contribution in [0.2, 0.25) is 0 Å². The SMILES string of the molecule is CCNC(C)(CCCOCCCC(C)C)C(=O)OCC. The van der Waals surface area contributed by atoms with Gasteiger partial charge in [0.15, 0.2) is 0 Å². The molecule has 0 amide bonds. The van der Waals surface area contributed by atoms with Crippen molar-refractivity contribution < 1.29 is 14.3 Å². The average Bonchev–Trinajstić information content (AvgIpc) is 2.38. The Bertz CT molecular complexity index is 256. The molecule has 0 aromatic carbocycles. The second-order valence-corrected chi connectivity index (χ2v) is 5.83. The normalized spacial score (nSPS) is 14.3. The summed E-state index contributed by atoms with van der Waals surface area (Å²) in [6.07, 6.45) is 3.92. The summed E-state index contributed by atoms with van der Waals surface area (Å²) in [4.78, 5) is 12.0. The van der Waals surface area contributed by atoms with E-state index in [9.17, 15) is 4.79 Å². The van der Waals surface area contributed by atoms with E-state index >= 15 is 0 Å². The maximum Gasteiger partial charge on any atom is 0.326 e. The lowest BCUT2D eigenvalue weighted by Gasteiger charge is -2.28. The zero-order valence-electron chi connectivity index (χ0n) is 14.0. The van der Waals surface area contributed by atoms with Crippen molar-refractivity contribution in [1.29, 1.82) is 0 Å². The van der Waals surface area contributed by atoms with E-state index in [-0.39, 0.29) is 5.97 Å². The Morgan fingerprint density at radius 3 is 2.40 bits per heavy atom. The maximum atomic E-state index is 12.0. The van der Waals surface area contributed by atoms with Crippen molar-refractivity contribution in [2.24, 2.45) is 5.92 Å². The lowest BCUT2D eigenvalue weighted by atomic mass is 9.96. The monoisotopic (exact) mass is 287 g/mol. The van der Waals surface area contributed by atoms with Gasteiger partial charge >= 0.3 is 5.97 Å². The van der Waals surface area contributed by atoms with Crippen LogP contribution in [0.4, 0.5) is 0 Å². The van der Waals surface area contributed by atoms with E-state index in [4.69, 9.17) is 9.47 Å². The standard InChI is InChI=1S/C16H33NO3/c1-6-17-16(5,15(18)20-7-2)11-9-13-19-12-8-10-14(3)4/h14,17H,6-13H2,1-5H3. The van der Waals surface area contributed by atoms with Crippen molar-refractivity contribution >= 4 is 5.97 Å². The highest BCUT2D eigenvalue weighted by Crippen LogP contribution is 2.15. The Morgan fingerprint density at radius 2 is 1.85 bits per heavy atom. The molecule has 0 spiro atoms. The molecule has 0 aliphatic carbocycles. The second kappa shape index (κ2) is 11.1. The van der Waals surface area contributed by atoms with E-state index in [2.05, 4.69) is 19.2 Å². The summed E-state index contributed by atoms with van der Waals surface area (Å²) >= 11 is 0. The number of nitrogens with one attached hydrogen (secondary N) is 1. The molecule has 1 unspecified atom stereocenters. The van der Waals surface area contributed by atoms with E-state index in [1.165, 1.54) is 6.42 Å². The molecule has 4 nitrogen and oxygen atoms in total. The van der Waals surface area contributed by atoms with Gasteiger partial charge in [0.05, 0.1) is 6.61 Å². The van der Waals surface area contributed by atoms with Crippen LogP contribution >= 0.6 is 0 Å². The number of hydrogen-bond donors (Lipinski definition) is 1. The van der Waals surface area contributed by atoms with Crippen LogP contribution in [-0.4, -0.2) is 37.9 Å². The third-order valence-electron chi connectivity index (χ3n) is 3.33. The van der Waals surface area contributed by atoms with Gasteiger partial charge in [-0.05, 0) is 52.0 Å². The molecule has 0 aromatic heterocycles. The van der Waals surface area contributed by atoms with Crippen molar-refractivity contribution in [3.8, 4) is 0 Å². The summed E-state index contributed by atoms with van der Waals surface area (Å²) in [6, 6.07) is 0. The highest BCUT2D eigenvalue weighted by Gasteiger charge is 2.32.